The zero-order valence-corrected chi connectivity index (χ0v) is 10.7. The summed E-state index contributed by atoms with van der Waals surface area (Å²) < 4.78 is 9.92. The summed E-state index contributed by atoms with van der Waals surface area (Å²) in [4.78, 5) is 26.9. The first-order valence-corrected chi connectivity index (χ1v) is 5.85. The number of nitrogens with one attached hydrogen (secondary N) is 3. The number of carbonyl (C=O) groups is 2. The average Bonchev–Trinajstić information content (AvgIpc) is 3.08. The fraction of sp³-hybridized carbons (Fsp3) is 0.273. The number of anilines is 1. The van der Waals surface area contributed by atoms with Gasteiger partial charge in [-0.2, -0.15) is 4.98 Å². The van der Waals surface area contributed by atoms with Crippen LogP contribution in [0, 0.1) is 0 Å². The van der Waals surface area contributed by atoms with E-state index in [-0.39, 0.29) is 24.3 Å². The number of nitrogens with zero attached hydrogens (tertiary/aromatic N) is 2. The van der Waals surface area contributed by atoms with Gasteiger partial charge in [-0.05, 0) is 19.1 Å². The summed E-state index contributed by atoms with van der Waals surface area (Å²) in [5.74, 6) is -0.649. The van der Waals surface area contributed by atoms with E-state index >= 15 is 0 Å². The number of carbonyl (C=O) groups excluding carboxylic acids is 2. The summed E-state index contributed by atoms with van der Waals surface area (Å²) in [5, 5.41) is 11.0. The highest BCUT2D eigenvalue weighted by Crippen LogP contribution is 2.05. The van der Waals surface area contributed by atoms with Crippen LogP contribution >= 0.6 is 0 Å². The molecule has 0 saturated carbocycles. The van der Waals surface area contributed by atoms with Crippen LogP contribution in [0.1, 0.15) is 17.5 Å². The van der Waals surface area contributed by atoms with E-state index in [4.69, 9.17) is 9.15 Å². The summed E-state index contributed by atoms with van der Waals surface area (Å²) in [5.41, 5.74) is 0. The molecule has 9 nitrogen and oxygen atoms in total. The first-order chi connectivity index (χ1) is 9.69. The van der Waals surface area contributed by atoms with Crippen LogP contribution in [0.3, 0.4) is 0 Å². The van der Waals surface area contributed by atoms with Gasteiger partial charge in [0.2, 0.25) is 11.9 Å². The van der Waals surface area contributed by atoms with Crippen molar-refractivity contribution in [1.82, 2.24) is 20.5 Å². The molecule has 2 rings (SSSR count). The zero-order chi connectivity index (χ0) is 14.4. The number of furan rings is 1. The Morgan fingerprint density at radius 1 is 1.50 bits per heavy atom. The number of hydrogen-bond acceptors (Lipinski definition) is 6. The smallest absolute Gasteiger partial charge is 0.337 e. The Kier molecular flexibility index (Phi) is 4.32. The van der Waals surface area contributed by atoms with Crippen LogP contribution in [-0.4, -0.2) is 40.1 Å². The highest BCUT2D eigenvalue weighted by Gasteiger charge is 2.11. The summed E-state index contributed by atoms with van der Waals surface area (Å²) in [7, 11) is 0. The number of aromatic amines is 1. The van der Waals surface area contributed by atoms with Gasteiger partial charge < -0.3 is 14.5 Å². The van der Waals surface area contributed by atoms with Gasteiger partial charge in [-0.15, -0.1) is 5.10 Å². The van der Waals surface area contributed by atoms with Crippen molar-refractivity contribution >= 4 is 17.8 Å². The minimum Gasteiger partial charge on any atom is -0.463 e. The highest BCUT2D eigenvalue weighted by atomic mass is 16.5. The molecule has 20 heavy (non-hydrogen) atoms. The quantitative estimate of drug-likeness (QED) is 0.692. The standard InChI is InChI=1S/C11H13N5O4/c1-2-19-11-14-10(15-16-11)13-8(17)6-12-9(18)7-4-3-5-20-7/h3-5H,2,6H2,1H3,(H,12,18)(H2,13,14,15,16,17). The third-order valence-corrected chi connectivity index (χ3v) is 2.15. The van der Waals surface area contributed by atoms with Crippen LogP contribution in [-0.2, 0) is 4.79 Å². The monoisotopic (exact) mass is 279 g/mol. The maximum atomic E-state index is 11.6. The SMILES string of the molecule is CCOc1n[nH]c(NC(=O)CNC(=O)c2ccco2)n1. The molecule has 0 unspecified atom stereocenters. The van der Waals surface area contributed by atoms with Gasteiger partial charge in [0.05, 0.1) is 19.4 Å². The predicted octanol–water partition coefficient (Wildman–Crippen LogP) is 0.165. The Morgan fingerprint density at radius 2 is 2.35 bits per heavy atom. The second kappa shape index (κ2) is 6.36. The van der Waals surface area contributed by atoms with Crippen LogP contribution in [0.15, 0.2) is 22.8 Å². The summed E-state index contributed by atoms with van der Waals surface area (Å²) in [6.45, 7) is 1.99. The topological polar surface area (TPSA) is 122 Å². The molecule has 2 amide bonds. The normalized spacial score (nSPS) is 10.1. The van der Waals surface area contributed by atoms with Gasteiger partial charge in [0, 0.05) is 0 Å². The molecule has 0 radical (unpaired) electrons. The minimum absolute atomic E-state index is 0.135. The maximum absolute atomic E-state index is 11.6. The Morgan fingerprint density at radius 3 is 3.05 bits per heavy atom. The molecule has 0 atom stereocenters. The Hall–Kier alpha value is -2.84. The third kappa shape index (κ3) is 3.57. The van der Waals surface area contributed by atoms with E-state index in [0.717, 1.165) is 0 Å². The van der Waals surface area contributed by atoms with Crippen LogP contribution in [0.2, 0.25) is 0 Å². The van der Waals surface area contributed by atoms with Gasteiger partial charge >= 0.3 is 6.01 Å². The fourth-order valence-corrected chi connectivity index (χ4v) is 1.33. The van der Waals surface area contributed by atoms with Crippen LogP contribution in [0.5, 0.6) is 6.01 Å². The lowest BCUT2D eigenvalue weighted by Crippen LogP contribution is -2.32. The molecule has 0 aliphatic rings. The molecule has 106 valence electrons. The first-order valence-electron chi connectivity index (χ1n) is 5.85. The Balaban J connectivity index is 1.78. The molecule has 3 N–H and O–H groups in total. The molecule has 0 aromatic carbocycles. The zero-order valence-electron chi connectivity index (χ0n) is 10.7. The van der Waals surface area contributed by atoms with E-state index in [1.54, 1.807) is 13.0 Å². The number of rotatable bonds is 6. The van der Waals surface area contributed by atoms with E-state index in [1.807, 2.05) is 0 Å². The predicted molar refractivity (Wildman–Crippen MR) is 67.2 cm³/mol. The number of aromatic nitrogens is 3. The number of ether oxygens (including phenoxy) is 1. The van der Waals surface area contributed by atoms with E-state index in [1.165, 1.54) is 12.3 Å². The number of amides is 2. The Bertz CT molecular complexity index is 577. The van der Waals surface area contributed by atoms with Gasteiger partial charge in [0.25, 0.3) is 5.91 Å². The lowest BCUT2D eigenvalue weighted by molar-refractivity contribution is -0.115. The van der Waals surface area contributed by atoms with Crippen molar-refractivity contribution in [2.45, 2.75) is 6.92 Å². The molecule has 2 aromatic rings. The molecule has 9 heteroatoms. The molecule has 0 bridgehead atoms. The van der Waals surface area contributed by atoms with E-state index in [9.17, 15) is 9.59 Å². The van der Waals surface area contributed by atoms with Gasteiger partial charge in [-0.1, -0.05) is 0 Å². The summed E-state index contributed by atoms with van der Waals surface area (Å²) >= 11 is 0. The maximum Gasteiger partial charge on any atom is 0.337 e. The van der Waals surface area contributed by atoms with Gasteiger partial charge in [-0.25, -0.2) is 5.10 Å². The van der Waals surface area contributed by atoms with Crippen molar-refractivity contribution in [1.29, 1.82) is 0 Å². The van der Waals surface area contributed by atoms with Gasteiger partial charge in [-0.3, -0.25) is 14.9 Å². The second-order valence-corrected chi connectivity index (χ2v) is 3.61. The molecular formula is C11H13N5O4. The van der Waals surface area contributed by atoms with Crippen molar-refractivity contribution < 1.29 is 18.7 Å². The van der Waals surface area contributed by atoms with Crippen molar-refractivity contribution in [2.75, 3.05) is 18.5 Å². The molecule has 0 saturated heterocycles. The third-order valence-electron chi connectivity index (χ3n) is 2.15. The van der Waals surface area contributed by atoms with Crippen molar-refractivity contribution in [3.63, 3.8) is 0 Å². The Labute approximate surface area is 113 Å². The average molecular weight is 279 g/mol. The first kappa shape index (κ1) is 13.6. The van der Waals surface area contributed by atoms with Crippen molar-refractivity contribution in [2.24, 2.45) is 0 Å². The highest BCUT2D eigenvalue weighted by molar-refractivity contribution is 5.97. The lowest BCUT2D eigenvalue weighted by Gasteiger charge is -2.02. The van der Waals surface area contributed by atoms with Crippen molar-refractivity contribution in [3.05, 3.63) is 24.2 Å². The summed E-state index contributed by atoms with van der Waals surface area (Å²) in [6.07, 6.45) is 1.37. The molecular weight excluding hydrogens is 266 g/mol. The van der Waals surface area contributed by atoms with E-state index in [2.05, 4.69) is 25.8 Å². The van der Waals surface area contributed by atoms with Gasteiger partial charge in [0.15, 0.2) is 5.76 Å². The number of hydrogen-bond donors (Lipinski definition) is 3. The minimum atomic E-state index is -0.474. The fourth-order valence-electron chi connectivity index (χ4n) is 1.33. The molecule has 0 spiro atoms. The van der Waals surface area contributed by atoms with E-state index in [0.29, 0.717) is 6.61 Å². The second-order valence-electron chi connectivity index (χ2n) is 3.61. The van der Waals surface area contributed by atoms with E-state index < -0.39 is 11.8 Å². The summed E-state index contributed by atoms with van der Waals surface area (Å²) in [6, 6.07) is 3.22. The molecule has 2 heterocycles. The van der Waals surface area contributed by atoms with Crippen LogP contribution in [0.4, 0.5) is 5.95 Å². The molecule has 2 aromatic heterocycles. The largest absolute Gasteiger partial charge is 0.463 e. The molecule has 0 aliphatic carbocycles. The van der Waals surface area contributed by atoms with Crippen LogP contribution < -0.4 is 15.4 Å². The van der Waals surface area contributed by atoms with Crippen LogP contribution in [0.25, 0.3) is 0 Å². The van der Waals surface area contributed by atoms with Crippen molar-refractivity contribution in [3.8, 4) is 6.01 Å². The molecule has 0 fully saturated rings. The molecule has 0 aliphatic heterocycles. The van der Waals surface area contributed by atoms with Gasteiger partial charge in [0.1, 0.15) is 0 Å². The number of H-pyrrole nitrogens is 1. The lowest BCUT2D eigenvalue weighted by atomic mass is 10.4.